The maximum atomic E-state index is 12.1. The molecule has 1 amide bonds. The van der Waals surface area contributed by atoms with Crippen LogP contribution >= 0.6 is 34.7 Å². The van der Waals surface area contributed by atoms with E-state index in [2.05, 4.69) is 40.8 Å². The number of carbonyl (C=O) groups excluding carboxylic acids is 1. The molecule has 3 aromatic rings. The van der Waals surface area contributed by atoms with E-state index in [1.807, 2.05) is 11.6 Å². The lowest BCUT2D eigenvalue weighted by Gasteiger charge is -2.05. The van der Waals surface area contributed by atoms with E-state index in [1.165, 1.54) is 16.6 Å². The number of thioether (sulfide) groups is 1. The van der Waals surface area contributed by atoms with Crippen LogP contribution in [0.1, 0.15) is 24.6 Å². The Morgan fingerprint density at radius 1 is 1.31 bits per heavy atom. The molecule has 3 rings (SSSR count). The van der Waals surface area contributed by atoms with E-state index < -0.39 is 0 Å². The first-order chi connectivity index (χ1) is 12.4. The molecule has 0 atom stereocenters. The minimum Gasteiger partial charge on any atom is -0.325 e. The first-order valence-corrected chi connectivity index (χ1v) is 10.3. The number of aromatic nitrogens is 3. The molecule has 0 spiro atoms. The van der Waals surface area contributed by atoms with Crippen molar-refractivity contribution < 1.29 is 4.79 Å². The van der Waals surface area contributed by atoms with Crippen molar-refractivity contribution in [3.8, 4) is 11.4 Å². The molecule has 0 saturated carbocycles. The summed E-state index contributed by atoms with van der Waals surface area (Å²) in [5.41, 5.74) is 1.78. The van der Waals surface area contributed by atoms with E-state index in [1.54, 1.807) is 35.6 Å². The quantitative estimate of drug-likeness (QED) is 0.582. The van der Waals surface area contributed by atoms with Crippen LogP contribution in [0.4, 0.5) is 5.69 Å². The molecule has 0 bridgehead atoms. The van der Waals surface area contributed by atoms with Crippen molar-refractivity contribution in [1.82, 2.24) is 14.8 Å². The third-order valence-corrected chi connectivity index (χ3v) is 6.25. The van der Waals surface area contributed by atoms with Crippen LogP contribution < -0.4 is 5.32 Å². The van der Waals surface area contributed by atoms with Gasteiger partial charge >= 0.3 is 0 Å². The van der Waals surface area contributed by atoms with Crippen LogP contribution in [0.2, 0.25) is 5.02 Å². The van der Waals surface area contributed by atoms with Crippen molar-refractivity contribution in [2.75, 3.05) is 11.1 Å². The van der Waals surface area contributed by atoms with Crippen LogP contribution in [-0.2, 0) is 11.8 Å². The van der Waals surface area contributed by atoms with E-state index in [0.717, 1.165) is 17.1 Å². The lowest BCUT2D eigenvalue weighted by Crippen LogP contribution is -2.14. The average molecular weight is 407 g/mol. The summed E-state index contributed by atoms with van der Waals surface area (Å²) < 4.78 is 1.92. The van der Waals surface area contributed by atoms with Crippen LogP contribution in [0.5, 0.6) is 0 Å². The number of anilines is 1. The lowest BCUT2D eigenvalue weighted by molar-refractivity contribution is -0.113. The number of rotatable bonds is 6. The number of thiophene rings is 1. The highest BCUT2D eigenvalue weighted by molar-refractivity contribution is 7.99. The second-order valence-electron chi connectivity index (χ2n) is 6.10. The van der Waals surface area contributed by atoms with Crippen molar-refractivity contribution in [3.63, 3.8) is 0 Å². The summed E-state index contributed by atoms with van der Waals surface area (Å²) in [4.78, 5) is 13.4. The van der Waals surface area contributed by atoms with Gasteiger partial charge in [-0.3, -0.25) is 4.79 Å². The fourth-order valence-corrected chi connectivity index (χ4v) is 4.07. The highest BCUT2D eigenvalue weighted by Crippen LogP contribution is 2.30. The fraction of sp³-hybridized carbons (Fsp3) is 0.278. The maximum absolute atomic E-state index is 12.1. The van der Waals surface area contributed by atoms with Gasteiger partial charge in [-0.15, -0.1) is 21.5 Å². The first kappa shape index (κ1) is 18.9. The summed E-state index contributed by atoms with van der Waals surface area (Å²) >= 11 is 8.93. The highest BCUT2D eigenvalue weighted by Gasteiger charge is 2.15. The molecule has 0 aliphatic rings. The van der Waals surface area contributed by atoms with E-state index in [4.69, 9.17) is 11.6 Å². The van der Waals surface area contributed by atoms with E-state index in [0.29, 0.717) is 16.1 Å². The van der Waals surface area contributed by atoms with Gasteiger partial charge in [-0.05, 0) is 36.2 Å². The molecule has 0 aliphatic heterocycles. The number of amides is 1. The van der Waals surface area contributed by atoms with E-state index in [9.17, 15) is 4.79 Å². The summed E-state index contributed by atoms with van der Waals surface area (Å²) in [5.74, 6) is 1.47. The topological polar surface area (TPSA) is 59.8 Å². The van der Waals surface area contributed by atoms with Gasteiger partial charge < -0.3 is 9.88 Å². The number of halogens is 1. The first-order valence-electron chi connectivity index (χ1n) is 8.10. The molecule has 26 heavy (non-hydrogen) atoms. The van der Waals surface area contributed by atoms with Crippen molar-refractivity contribution >= 4 is 46.3 Å². The molecular weight excluding hydrogens is 388 g/mol. The van der Waals surface area contributed by atoms with Crippen LogP contribution in [0.15, 0.2) is 40.9 Å². The van der Waals surface area contributed by atoms with Gasteiger partial charge in [-0.25, -0.2) is 0 Å². The van der Waals surface area contributed by atoms with Crippen LogP contribution in [0.25, 0.3) is 11.4 Å². The standard InChI is InChI=1S/C18H19ClN4OS2/c1-11(2)15-8-12(9-25-15)17-21-22-18(23(17)3)26-10-16(24)20-14-6-4-13(19)5-7-14/h4-9,11H,10H2,1-3H3,(H,20,24). The van der Waals surface area contributed by atoms with Crippen molar-refractivity contribution in [2.24, 2.45) is 7.05 Å². The van der Waals surface area contributed by atoms with Crippen LogP contribution in [0.3, 0.4) is 0 Å². The number of nitrogens with zero attached hydrogens (tertiary/aromatic N) is 3. The molecule has 1 aromatic carbocycles. The summed E-state index contributed by atoms with van der Waals surface area (Å²) in [6.07, 6.45) is 0. The largest absolute Gasteiger partial charge is 0.325 e. The molecule has 0 saturated heterocycles. The van der Waals surface area contributed by atoms with Gasteiger partial charge in [0.05, 0.1) is 5.75 Å². The smallest absolute Gasteiger partial charge is 0.234 e. The number of carbonyl (C=O) groups is 1. The normalized spacial score (nSPS) is 11.1. The zero-order chi connectivity index (χ0) is 18.7. The van der Waals surface area contributed by atoms with Crippen molar-refractivity contribution in [3.05, 3.63) is 45.6 Å². The monoisotopic (exact) mass is 406 g/mol. The Morgan fingerprint density at radius 3 is 2.69 bits per heavy atom. The predicted octanol–water partition coefficient (Wildman–Crippen LogP) is 5.05. The van der Waals surface area contributed by atoms with Gasteiger partial charge in [0, 0.05) is 33.6 Å². The second kappa shape index (κ2) is 8.24. The molecule has 0 fully saturated rings. The SMILES string of the molecule is CC(C)c1cc(-c2nnc(SCC(=O)Nc3ccc(Cl)cc3)n2C)cs1. The summed E-state index contributed by atoms with van der Waals surface area (Å²) in [6.45, 7) is 4.35. The van der Waals surface area contributed by atoms with Gasteiger partial charge in [0.15, 0.2) is 11.0 Å². The molecule has 2 aromatic heterocycles. The van der Waals surface area contributed by atoms with Gasteiger partial charge in [0.2, 0.25) is 5.91 Å². The maximum Gasteiger partial charge on any atom is 0.234 e. The second-order valence-corrected chi connectivity index (χ2v) is 8.42. The third kappa shape index (κ3) is 4.47. The Hall–Kier alpha value is -1.83. The molecule has 0 unspecified atom stereocenters. The number of hydrogen-bond donors (Lipinski definition) is 1. The molecule has 5 nitrogen and oxygen atoms in total. The summed E-state index contributed by atoms with van der Waals surface area (Å²) in [5, 5.41) is 14.8. The van der Waals surface area contributed by atoms with Gasteiger partial charge in [-0.2, -0.15) is 0 Å². The molecule has 136 valence electrons. The fourth-order valence-electron chi connectivity index (χ4n) is 2.33. The average Bonchev–Trinajstić information content (AvgIpc) is 3.22. The third-order valence-electron chi connectivity index (χ3n) is 3.74. The highest BCUT2D eigenvalue weighted by atomic mass is 35.5. The zero-order valence-corrected chi connectivity index (χ0v) is 17.1. The minimum absolute atomic E-state index is 0.0977. The molecule has 2 heterocycles. The molecule has 0 radical (unpaired) electrons. The van der Waals surface area contributed by atoms with Gasteiger partial charge in [-0.1, -0.05) is 37.2 Å². The van der Waals surface area contributed by atoms with E-state index in [-0.39, 0.29) is 11.7 Å². The Bertz CT molecular complexity index is 902. The molecular formula is C18H19ClN4OS2. The number of nitrogens with one attached hydrogen (secondary N) is 1. The Labute approximate surface area is 165 Å². The number of hydrogen-bond acceptors (Lipinski definition) is 5. The van der Waals surface area contributed by atoms with Crippen LogP contribution in [-0.4, -0.2) is 26.4 Å². The van der Waals surface area contributed by atoms with Gasteiger partial charge in [0.25, 0.3) is 0 Å². The van der Waals surface area contributed by atoms with Crippen LogP contribution in [0, 0.1) is 0 Å². The van der Waals surface area contributed by atoms with Crippen molar-refractivity contribution in [1.29, 1.82) is 0 Å². The van der Waals surface area contributed by atoms with Gasteiger partial charge in [0.1, 0.15) is 0 Å². The zero-order valence-electron chi connectivity index (χ0n) is 14.7. The number of benzene rings is 1. The predicted molar refractivity (Wildman–Crippen MR) is 109 cm³/mol. The Kier molecular flexibility index (Phi) is 6.01. The Balaban J connectivity index is 1.62. The summed E-state index contributed by atoms with van der Waals surface area (Å²) in [6, 6.07) is 9.18. The molecule has 1 N–H and O–H groups in total. The van der Waals surface area contributed by atoms with Crippen molar-refractivity contribution in [2.45, 2.75) is 24.9 Å². The molecule has 0 aliphatic carbocycles. The lowest BCUT2D eigenvalue weighted by atomic mass is 10.1. The van der Waals surface area contributed by atoms with E-state index >= 15 is 0 Å². The Morgan fingerprint density at radius 2 is 2.04 bits per heavy atom. The summed E-state index contributed by atoms with van der Waals surface area (Å²) in [7, 11) is 1.92. The molecule has 8 heteroatoms. The minimum atomic E-state index is -0.0977.